The van der Waals surface area contributed by atoms with Crippen LogP contribution in [0, 0.1) is 6.92 Å². The van der Waals surface area contributed by atoms with Gasteiger partial charge in [0.05, 0.1) is 0 Å². The van der Waals surface area contributed by atoms with E-state index < -0.39 is 0 Å². The van der Waals surface area contributed by atoms with E-state index in [4.69, 9.17) is 0 Å². The molecule has 0 bridgehead atoms. The average Bonchev–Trinajstić information content (AvgIpc) is 3.31. The largest absolute Gasteiger partial charge is 0.0616 e. The molecule has 0 saturated carbocycles. The first-order valence-corrected chi connectivity index (χ1v) is 21.9. The highest BCUT2D eigenvalue weighted by Crippen LogP contribution is 2.63. The molecule has 0 saturated heterocycles. The van der Waals surface area contributed by atoms with Gasteiger partial charge in [-0.25, -0.2) is 0 Å². The topological polar surface area (TPSA) is 0 Å². The first-order valence-electron chi connectivity index (χ1n) is 21.9. The van der Waals surface area contributed by atoms with Crippen molar-refractivity contribution in [2.75, 3.05) is 0 Å². The minimum Gasteiger partial charge on any atom is -0.0616 e. The summed E-state index contributed by atoms with van der Waals surface area (Å²) in [5.41, 5.74) is 1.30. The van der Waals surface area contributed by atoms with E-state index in [2.05, 4.69) is 146 Å². The van der Waals surface area contributed by atoms with E-state index >= 15 is 0 Å². The maximum atomic E-state index is 2.62. The molecule has 0 N–H and O–H groups in total. The van der Waals surface area contributed by atoms with Crippen molar-refractivity contribution < 1.29 is 0 Å². The van der Waals surface area contributed by atoms with Crippen LogP contribution in [0.2, 0.25) is 0 Å². The molecular formula is C61H26. The van der Waals surface area contributed by atoms with Crippen LogP contribution in [-0.4, -0.2) is 0 Å². The SMILES string of the molecule is Cc1ccc2c(c1)c1cccc3c4ccc5c6cccc7c8ccc9c%10ccccc%10c%10ccc%11c%12cccc%13c%14cc2c(c13)c1c4c5c2c(c76)c3c8c9c%10c%11c3c(c%12%13)c2c%141. The van der Waals surface area contributed by atoms with Crippen LogP contribution in [0.25, 0.3) is 194 Å². The van der Waals surface area contributed by atoms with Gasteiger partial charge in [-0.2, -0.15) is 0 Å². The van der Waals surface area contributed by atoms with Gasteiger partial charge in [-0.15, -0.1) is 0 Å². The van der Waals surface area contributed by atoms with Gasteiger partial charge in [-0.3, -0.25) is 0 Å². The highest BCUT2D eigenvalue weighted by Gasteiger charge is 2.34. The lowest BCUT2D eigenvalue weighted by molar-refractivity contribution is 1.51. The Kier molecular flexibility index (Phi) is 4.03. The molecule has 0 heteroatoms. The van der Waals surface area contributed by atoms with Crippen LogP contribution in [0.15, 0.2) is 140 Å². The molecule has 0 nitrogen and oxygen atoms in total. The molecule has 0 aromatic heterocycles. The zero-order valence-electron chi connectivity index (χ0n) is 32.8. The molecule has 0 unspecified atom stereocenters. The third kappa shape index (κ3) is 2.59. The summed E-state index contributed by atoms with van der Waals surface area (Å²) in [6.07, 6.45) is 0. The summed E-state index contributed by atoms with van der Waals surface area (Å²) in [7, 11) is 0. The monoisotopic (exact) mass is 758 g/mol. The van der Waals surface area contributed by atoms with Crippen LogP contribution in [0.5, 0.6) is 0 Å². The van der Waals surface area contributed by atoms with Crippen molar-refractivity contribution in [1.82, 2.24) is 0 Å². The summed E-state index contributed by atoms with van der Waals surface area (Å²) in [6.45, 7) is 2.24. The summed E-state index contributed by atoms with van der Waals surface area (Å²) in [5.74, 6) is 0. The summed E-state index contributed by atoms with van der Waals surface area (Å²) in [6, 6.07) is 55.3. The Morgan fingerprint density at radius 3 is 0.885 bits per heavy atom. The second-order valence-electron chi connectivity index (χ2n) is 18.9. The lowest BCUT2D eigenvalue weighted by Gasteiger charge is -2.31. The molecule has 0 radical (unpaired) electrons. The van der Waals surface area contributed by atoms with Crippen LogP contribution in [0.4, 0.5) is 0 Å². The molecular weight excluding hydrogens is 733 g/mol. The standard InChI is InChI=1S/C61H26/c1-25-15-16-28-41(23-25)33-13-5-9-29-37-21-22-40-31-11-4-10-30-38-19-17-35-26-7-2-3-8-27(26)36-18-20-39-32-12-6-14-34-43-24-42(28)53(44(29)33)57-51(37)52(40)60-55(45(30)31)58-49(38)47(35)48(36)50(39)59(58)56(46(32)34)61(60)54(43)57/h2-24H,1H3. The molecule has 0 spiro atoms. The Morgan fingerprint density at radius 1 is 0.164 bits per heavy atom. The first kappa shape index (κ1) is 28.6. The van der Waals surface area contributed by atoms with Gasteiger partial charge in [0.25, 0.3) is 0 Å². The fraction of sp³-hybridized carbons (Fsp3) is 0.0164. The van der Waals surface area contributed by atoms with Crippen molar-refractivity contribution in [3.05, 3.63) is 145 Å². The normalized spacial score (nSPS) is 14.0. The number of rotatable bonds is 0. The van der Waals surface area contributed by atoms with Gasteiger partial charge < -0.3 is 0 Å². The Morgan fingerprint density at radius 2 is 0.410 bits per heavy atom. The van der Waals surface area contributed by atoms with Crippen molar-refractivity contribution >= 4 is 194 Å². The van der Waals surface area contributed by atoms with Gasteiger partial charge in [-0.1, -0.05) is 139 Å². The minimum absolute atomic E-state index is 1.30. The van der Waals surface area contributed by atoms with E-state index in [1.54, 1.807) is 0 Å². The number of fused-ring (bicyclic) bond motifs is 11. The maximum absolute atomic E-state index is 2.62. The Labute approximate surface area is 344 Å². The van der Waals surface area contributed by atoms with Crippen molar-refractivity contribution in [2.45, 2.75) is 6.92 Å². The molecule has 0 aliphatic carbocycles. The average molecular weight is 759 g/mol. The summed E-state index contributed by atoms with van der Waals surface area (Å²) >= 11 is 0. The maximum Gasteiger partial charge on any atom is -0.0000238 e. The van der Waals surface area contributed by atoms with E-state index in [0.29, 0.717) is 0 Å². The van der Waals surface area contributed by atoms with Crippen LogP contribution < -0.4 is 0 Å². The molecule has 0 aliphatic heterocycles. The summed E-state index contributed by atoms with van der Waals surface area (Å²) in [4.78, 5) is 0. The van der Waals surface area contributed by atoms with Crippen LogP contribution in [0.3, 0.4) is 0 Å². The molecule has 19 aromatic rings. The molecule has 19 aromatic carbocycles. The van der Waals surface area contributed by atoms with Crippen molar-refractivity contribution in [1.29, 1.82) is 0 Å². The van der Waals surface area contributed by atoms with Crippen molar-refractivity contribution in [2.24, 2.45) is 0 Å². The molecule has 270 valence electrons. The minimum atomic E-state index is 1.30. The van der Waals surface area contributed by atoms with E-state index in [1.165, 1.54) is 199 Å². The quantitative estimate of drug-likeness (QED) is 0.107. The Balaban J connectivity index is 1.29. The molecule has 0 amide bonds. The lowest BCUT2D eigenvalue weighted by atomic mass is 9.71. The zero-order valence-corrected chi connectivity index (χ0v) is 32.8. The van der Waals surface area contributed by atoms with Crippen LogP contribution >= 0.6 is 0 Å². The van der Waals surface area contributed by atoms with E-state index in [0.717, 1.165) is 0 Å². The van der Waals surface area contributed by atoms with Crippen molar-refractivity contribution in [3.8, 4) is 0 Å². The van der Waals surface area contributed by atoms with Gasteiger partial charge in [0, 0.05) is 0 Å². The van der Waals surface area contributed by atoms with Gasteiger partial charge in [-0.05, 0) is 207 Å². The fourth-order valence-corrected chi connectivity index (χ4v) is 14.7. The summed E-state index contributed by atoms with van der Waals surface area (Å²) in [5, 5.41) is 50.8. The number of hydrogen-bond acceptors (Lipinski definition) is 0. The third-order valence-corrected chi connectivity index (χ3v) is 16.6. The zero-order chi connectivity index (χ0) is 38.6. The van der Waals surface area contributed by atoms with Gasteiger partial charge in [0.1, 0.15) is 0 Å². The predicted octanol–water partition coefficient (Wildman–Crippen LogP) is 17.7. The lowest BCUT2D eigenvalue weighted by Crippen LogP contribution is -2.02. The smallest absolute Gasteiger partial charge is 0.0000238 e. The molecule has 19 rings (SSSR count). The molecule has 0 heterocycles. The van der Waals surface area contributed by atoms with Gasteiger partial charge in [0.2, 0.25) is 0 Å². The second kappa shape index (κ2) is 8.59. The number of benzene rings is 19. The second-order valence-corrected chi connectivity index (χ2v) is 18.9. The summed E-state index contributed by atoms with van der Waals surface area (Å²) < 4.78 is 0. The molecule has 0 atom stereocenters. The van der Waals surface area contributed by atoms with Crippen LogP contribution in [-0.2, 0) is 0 Å². The molecule has 61 heavy (non-hydrogen) atoms. The number of aryl methyl sites for hydroxylation is 1. The Hall–Kier alpha value is -7.80. The highest BCUT2D eigenvalue weighted by atomic mass is 14.4. The van der Waals surface area contributed by atoms with Gasteiger partial charge in [0.15, 0.2) is 0 Å². The third-order valence-electron chi connectivity index (χ3n) is 16.6. The highest BCUT2D eigenvalue weighted by molar-refractivity contribution is 6.65. The molecule has 0 fully saturated rings. The number of hydrogen-bond donors (Lipinski definition) is 0. The fourth-order valence-electron chi connectivity index (χ4n) is 14.7. The Bertz CT molecular complexity index is 5200. The van der Waals surface area contributed by atoms with Crippen LogP contribution in [0.1, 0.15) is 5.56 Å². The van der Waals surface area contributed by atoms with E-state index in [9.17, 15) is 0 Å². The first-order chi connectivity index (χ1) is 30.2. The van der Waals surface area contributed by atoms with E-state index in [1.807, 2.05) is 0 Å². The van der Waals surface area contributed by atoms with E-state index in [-0.39, 0.29) is 0 Å². The van der Waals surface area contributed by atoms with Crippen molar-refractivity contribution in [3.63, 3.8) is 0 Å². The predicted molar refractivity (Wildman–Crippen MR) is 267 cm³/mol. The molecule has 0 aliphatic rings. The van der Waals surface area contributed by atoms with Gasteiger partial charge >= 0.3 is 0 Å².